The lowest BCUT2D eigenvalue weighted by Gasteiger charge is -2.27. The van der Waals surface area contributed by atoms with E-state index in [1.165, 1.54) is 12.1 Å². The van der Waals surface area contributed by atoms with Crippen molar-refractivity contribution in [3.8, 4) is 0 Å². The van der Waals surface area contributed by atoms with Gasteiger partial charge in [0.2, 0.25) is 0 Å². The highest BCUT2D eigenvalue weighted by Gasteiger charge is 2.34. The molecule has 2 amide bonds. The third-order valence-corrected chi connectivity index (χ3v) is 4.70. The van der Waals surface area contributed by atoms with Crippen LogP contribution in [0.3, 0.4) is 0 Å². The number of nitro benzene ring substituents is 1. The van der Waals surface area contributed by atoms with Gasteiger partial charge in [-0.2, -0.15) is 0 Å². The number of imide groups is 1. The SMILES string of the molecule is CC(C)(C)OC=O.CCCOCCOCCN1C(=O)c2cccc3cc([N+](=O)[O-])cc(c23)C1=O. The Morgan fingerprint density at radius 3 is 2.21 bits per heavy atom. The van der Waals surface area contributed by atoms with E-state index in [4.69, 9.17) is 9.47 Å². The topological polar surface area (TPSA) is 125 Å². The molecule has 0 radical (unpaired) electrons. The van der Waals surface area contributed by atoms with Gasteiger partial charge in [-0.25, -0.2) is 0 Å². The quantitative estimate of drug-likeness (QED) is 0.168. The molecule has 0 bridgehead atoms. The van der Waals surface area contributed by atoms with Crippen LogP contribution in [0, 0.1) is 10.1 Å². The van der Waals surface area contributed by atoms with E-state index < -0.39 is 16.7 Å². The van der Waals surface area contributed by atoms with E-state index in [0.717, 1.165) is 11.3 Å². The normalized spacial score (nSPS) is 12.9. The molecule has 0 saturated carbocycles. The van der Waals surface area contributed by atoms with Gasteiger partial charge in [-0.1, -0.05) is 19.1 Å². The number of nitrogens with zero attached hydrogens (tertiary/aromatic N) is 2. The molecule has 10 nitrogen and oxygen atoms in total. The predicted molar refractivity (Wildman–Crippen MR) is 125 cm³/mol. The first-order valence-corrected chi connectivity index (χ1v) is 10.9. The minimum Gasteiger partial charge on any atom is -0.462 e. The van der Waals surface area contributed by atoms with Crippen molar-refractivity contribution in [3.05, 3.63) is 51.6 Å². The first-order chi connectivity index (χ1) is 16.1. The molecule has 0 aromatic heterocycles. The van der Waals surface area contributed by atoms with Gasteiger partial charge in [0, 0.05) is 29.7 Å². The molecule has 10 heteroatoms. The molecule has 1 aliphatic rings. The Morgan fingerprint density at radius 2 is 1.65 bits per heavy atom. The van der Waals surface area contributed by atoms with E-state index in [-0.39, 0.29) is 30.0 Å². The van der Waals surface area contributed by atoms with Crippen molar-refractivity contribution >= 4 is 34.7 Å². The lowest BCUT2D eigenvalue weighted by Crippen LogP contribution is -2.42. The number of ether oxygens (including phenoxy) is 3. The van der Waals surface area contributed by atoms with Gasteiger partial charge in [-0.3, -0.25) is 29.4 Å². The molecule has 184 valence electrons. The summed E-state index contributed by atoms with van der Waals surface area (Å²) in [4.78, 5) is 46.8. The summed E-state index contributed by atoms with van der Waals surface area (Å²) in [6.07, 6.45) is 0.924. The standard InChI is InChI=1S/C19H20N2O6.C5H10O2/c1-2-7-26-9-10-27-8-6-20-18(22)15-5-3-4-13-11-14(21(24)25)12-16(17(13)15)19(20)23;1-5(2,3)7-4-6/h3-5,11-12H,2,6-10H2,1H3;4H,1-3H3. The Morgan fingerprint density at radius 1 is 1.00 bits per heavy atom. The van der Waals surface area contributed by atoms with Crippen molar-refractivity contribution in [1.82, 2.24) is 4.90 Å². The van der Waals surface area contributed by atoms with Gasteiger partial charge in [0.25, 0.3) is 24.0 Å². The number of carbonyl (C=O) groups excluding carboxylic acids is 3. The van der Waals surface area contributed by atoms with Crippen LogP contribution in [0.2, 0.25) is 0 Å². The fraction of sp³-hybridized carbons (Fsp3) is 0.458. The number of hydrogen-bond acceptors (Lipinski definition) is 8. The summed E-state index contributed by atoms with van der Waals surface area (Å²) >= 11 is 0. The van der Waals surface area contributed by atoms with Crippen molar-refractivity contribution in [2.45, 2.75) is 39.7 Å². The monoisotopic (exact) mass is 474 g/mol. The van der Waals surface area contributed by atoms with Gasteiger partial charge in [0.05, 0.1) is 36.9 Å². The number of non-ortho nitro benzene ring substituents is 1. The number of hydrogen-bond donors (Lipinski definition) is 0. The van der Waals surface area contributed by atoms with Gasteiger partial charge in [-0.15, -0.1) is 0 Å². The highest BCUT2D eigenvalue weighted by atomic mass is 16.6. The van der Waals surface area contributed by atoms with Crippen LogP contribution in [0.4, 0.5) is 5.69 Å². The molecule has 0 unspecified atom stereocenters. The third-order valence-electron chi connectivity index (χ3n) is 4.70. The number of carbonyl (C=O) groups is 3. The van der Waals surface area contributed by atoms with E-state index in [2.05, 4.69) is 4.74 Å². The zero-order valence-electron chi connectivity index (χ0n) is 19.9. The highest BCUT2D eigenvalue weighted by Crippen LogP contribution is 2.33. The largest absolute Gasteiger partial charge is 0.462 e. The fourth-order valence-electron chi connectivity index (χ4n) is 3.22. The summed E-state index contributed by atoms with van der Waals surface area (Å²) in [5, 5.41) is 12.1. The van der Waals surface area contributed by atoms with Crippen LogP contribution < -0.4 is 0 Å². The van der Waals surface area contributed by atoms with E-state index in [1.807, 2.05) is 27.7 Å². The van der Waals surface area contributed by atoms with E-state index in [0.29, 0.717) is 42.6 Å². The van der Waals surface area contributed by atoms with Crippen molar-refractivity contribution < 1.29 is 33.5 Å². The molecule has 0 N–H and O–H groups in total. The van der Waals surface area contributed by atoms with Crippen LogP contribution >= 0.6 is 0 Å². The Kier molecular flexibility index (Phi) is 9.64. The van der Waals surface area contributed by atoms with Gasteiger partial charge in [0.1, 0.15) is 5.60 Å². The molecule has 2 aromatic rings. The van der Waals surface area contributed by atoms with Crippen molar-refractivity contribution in [2.24, 2.45) is 0 Å². The molecule has 0 atom stereocenters. The first kappa shape index (κ1) is 26.9. The van der Waals surface area contributed by atoms with E-state index >= 15 is 0 Å². The predicted octanol–water partition coefficient (Wildman–Crippen LogP) is 3.75. The molecule has 3 rings (SSSR count). The van der Waals surface area contributed by atoms with Crippen LogP contribution in [0.15, 0.2) is 30.3 Å². The molecule has 34 heavy (non-hydrogen) atoms. The first-order valence-electron chi connectivity index (χ1n) is 10.9. The maximum atomic E-state index is 12.8. The summed E-state index contributed by atoms with van der Waals surface area (Å²) in [6.45, 7) is 9.66. The Hall–Kier alpha value is -3.37. The zero-order chi connectivity index (χ0) is 25.3. The second-order valence-electron chi connectivity index (χ2n) is 8.47. The molecule has 2 aromatic carbocycles. The van der Waals surface area contributed by atoms with Gasteiger partial charge < -0.3 is 14.2 Å². The van der Waals surface area contributed by atoms with Crippen LogP contribution in [0.25, 0.3) is 10.8 Å². The van der Waals surface area contributed by atoms with Crippen LogP contribution in [-0.4, -0.2) is 66.7 Å². The lowest BCUT2D eigenvalue weighted by molar-refractivity contribution is -0.384. The van der Waals surface area contributed by atoms with E-state index in [1.54, 1.807) is 18.2 Å². The van der Waals surface area contributed by atoms with Crippen LogP contribution in [0.1, 0.15) is 54.8 Å². The molecule has 1 aliphatic heterocycles. The summed E-state index contributed by atoms with van der Waals surface area (Å²) in [7, 11) is 0. The smallest absolute Gasteiger partial charge is 0.293 e. The van der Waals surface area contributed by atoms with E-state index in [9.17, 15) is 24.5 Å². The summed E-state index contributed by atoms with van der Waals surface area (Å²) in [5.74, 6) is -0.962. The number of nitro groups is 1. The summed E-state index contributed by atoms with van der Waals surface area (Å²) in [5.41, 5.74) is 0.0347. The Labute approximate surface area is 197 Å². The minimum atomic E-state index is -0.546. The average Bonchev–Trinajstić information content (AvgIpc) is 2.77. The maximum absolute atomic E-state index is 12.8. The number of rotatable bonds is 10. The Bertz CT molecular complexity index is 1050. The molecule has 0 saturated heterocycles. The van der Waals surface area contributed by atoms with Gasteiger partial charge >= 0.3 is 0 Å². The zero-order valence-corrected chi connectivity index (χ0v) is 19.9. The van der Waals surface area contributed by atoms with Crippen molar-refractivity contribution in [2.75, 3.05) is 33.0 Å². The molecule has 0 spiro atoms. The number of amides is 2. The number of benzene rings is 2. The van der Waals surface area contributed by atoms with Crippen LogP contribution in [0.5, 0.6) is 0 Å². The second-order valence-corrected chi connectivity index (χ2v) is 8.47. The molecular formula is C24H30N2O8. The summed E-state index contributed by atoms with van der Waals surface area (Å²) in [6, 6.07) is 7.54. The molecule has 1 heterocycles. The molecular weight excluding hydrogens is 444 g/mol. The van der Waals surface area contributed by atoms with Crippen molar-refractivity contribution in [1.29, 1.82) is 0 Å². The van der Waals surface area contributed by atoms with Gasteiger partial charge in [0.15, 0.2) is 0 Å². The van der Waals surface area contributed by atoms with Crippen LogP contribution in [-0.2, 0) is 19.0 Å². The Balaban J connectivity index is 0.000000509. The maximum Gasteiger partial charge on any atom is 0.293 e. The molecule has 0 fully saturated rings. The minimum absolute atomic E-state index is 0.0734. The van der Waals surface area contributed by atoms with Crippen molar-refractivity contribution in [3.63, 3.8) is 0 Å². The third kappa shape index (κ3) is 7.06. The average molecular weight is 475 g/mol. The highest BCUT2D eigenvalue weighted by molar-refractivity contribution is 6.25. The second kappa shape index (κ2) is 12.2. The lowest BCUT2D eigenvalue weighted by atomic mass is 9.93. The van der Waals surface area contributed by atoms with Gasteiger partial charge in [-0.05, 0) is 38.6 Å². The molecule has 0 aliphatic carbocycles. The summed E-state index contributed by atoms with van der Waals surface area (Å²) < 4.78 is 15.3. The fourth-order valence-corrected chi connectivity index (χ4v) is 3.22.